The van der Waals surface area contributed by atoms with E-state index in [2.05, 4.69) is 56.8 Å². The predicted molar refractivity (Wildman–Crippen MR) is 105 cm³/mol. The first-order chi connectivity index (χ1) is 11.8. The van der Waals surface area contributed by atoms with Crippen LogP contribution in [0.1, 0.15) is 37.6 Å². The molecular formula is C18H33N5S. The Balaban J connectivity index is 1.83. The van der Waals surface area contributed by atoms with E-state index in [0.29, 0.717) is 6.04 Å². The van der Waals surface area contributed by atoms with Crippen molar-refractivity contribution in [1.29, 1.82) is 0 Å². The summed E-state index contributed by atoms with van der Waals surface area (Å²) in [4.78, 5) is 10.8. The highest BCUT2D eigenvalue weighted by atomic mass is 32.1. The van der Waals surface area contributed by atoms with Crippen molar-refractivity contribution in [2.75, 3.05) is 52.9 Å². The van der Waals surface area contributed by atoms with Crippen molar-refractivity contribution in [3.05, 3.63) is 22.4 Å². The SMILES string of the molecule is CCN(CC)CCNC(=NC)NCC(c1cccs1)N1CCCC1. The molecule has 2 N–H and O–H groups in total. The minimum atomic E-state index is 0.453. The van der Waals surface area contributed by atoms with E-state index < -0.39 is 0 Å². The molecule has 0 aliphatic carbocycles. The van der Waals surface area contributed by atoms with Gasteiger partial charge in [0.25, 0.3) is 0 Å². The fourth-order valence-corrected chi connectivity index (χ4v) is 4.09. The molecule has 2 heterocycles. The number of nitrogens with zero attached hydrogens (tertiary/aromatic N) is 3. The summed E-state index contributed by atoms with van der Waals surface area (Å²) in [5.74, 6) is 0.905. The summed E-state index contributed by atoms with van der Waals surface area (Å²) in [6.07, 6.45) is 2.64. The molecule has 0 saturated carbocycles. The van der Waals surface area contributed by atoms with Gasteiger partial charge in [0.15, 0.2) is 5.96 Å². The van der Waals surface area contributed by atoms with E-state index in [4.69, 9.17) is 0 Å². The van der Waals surface area contributed by atoms with E-state index in [-0.39, 0.29) is 0 Å². The standard InChI is InChI=1S/C18H33N5S/c1-4-22(5-2)13-10-20-18(19-3)21-15-16(17-9-8-14-24-17)23-11-6-7-12-23/h8-9,14,16H,4-7,10-13,15H2,1-3H3,(H2,19,20,21). The van der Waals surface area contributed by atoms with Crippen LogP contribution in [-0.4, -0.2) is 68.6 Å². The van der Waals surface area contributed by atoms with Crippen LogP contribution in [0.3, 0.4) is 0 Å². The van der Waals surface area contributed by atoms with Crippen molar-refractivity contribution in [3.63, 3.8) is 0 Å². The van der Waals surface area contributed by atoms with Gasteiger partial charge in [-0.3, -0.25) is 9.89 Å². The lowest BCUT2D eigenvalue weighted by molar-refractivity contribution is 0.248. The predicted octanol–water partition coefficient (Wildman–Crippen LogP) is 2.39. The lowest BCUT2D eigenvalue weighted by Crippen LogP contribution is -2.44. The van der Waals surface area contributed by atoms with Crippen LogP contribution < -0.4 is 10.6 Å². The van der Waals surface area contributed by atoms with Crippen molar-refractivity contribution >= 4 is 17.3 Å². The Morgan fingerprint density at radius 3 is 2.62 bits per heavy atom. The molecule has 1 atom stereocenters. The second-order valence-corrected chi connectivity index (χ2v) is 7.16. The van der Waals surface area contributed by atoms with Crippen LogP contribution in [0.25, 0.3) is 0 Å². The van der Waals surface area contributed by atoms with Crippen LogP contribution in [0.4, 0.5) is 0 Å². The molecule has 1 aliphatic rings. The fraction of sp³-hybridized carbons (Fsp3) is 0.722. The van der Waals surface area contributed by atoms with Crippen LogP contribution in [0.5, 0.6) is 0 Å². The molecule has 5 nitrogen and oxygen atoms in total. The summed E-state index contributed by atoms with van der Waals surface area (Å²) in [7, 11) is 1.85. The molecular weight excluding hydrogens is 318 g/mol. The zero-order valence-corrected chi connectivity index (χ0v) is 16.2. The number of hydrogen-bond donors (Lipinski definition) is 2. The zero-order chi connectivity index (χ0) is 17.2. The maximum atomic E-state index is 4.38. The van der Waals surface area contributed by atoms with Crippen LogP contribution in [0.15, 0.2) is 22.5 Å². The molecule has 1 aromatic heterocycles. The van der Waals surface area contributed by atoms with Crippen molar-refractivity contribution in [1.82, 2.24) is 20.4 Å². The second-order valence-electron chi connectivity index (χ2n) is 6.18. The van der Waals surface area contributed by atoms with Crippen molar-refractivity contribution in [2.24, 2.45) is 4.99 Å². The molecule has 0 aromatic carbocycles. The monoisotopic (exact) mass is 351 g/mol. The van der Waals surface area contributed by atoms with E-state index in [0.717, 1.165) is 38.7 Å². The van der Waals surface area contributed by atoms with Crippen LogP contribution in [-0.2, 0) is 0 Å². The molecule has 0 spiro atoms. The molecule has 6 heteroatoms. The number of likely N-dealkylation sites (N-methyl/N-ethyl adjacent to an activating group) is 1. The van der Waals surface area contributed by atoms with E-state index in [1.54, 1.807) is 0 Å². The molecule has 1 unspecified atom stereocenters. The first kappa shape index (κ1) is 19.2. The Labute approximate surface area is 151 Å². The van der Waals surface area contributed by atoms with Gasteiger partial charge >= 0.3 is 0 Å². The third kappa shape index (κ3) is 5.76. The molecule has 0 amide bonds. The summed E-state index contributed by atoms with van der Waals surface area (Å²) >= 11 is 1.86. The molecule has 1 saturated heterocycles. The Morgan fingerprint density at radius 1 is 1.29 bits per heavy atom. The van der Waals surface area contributed by atoms with Crippen LogP contribution >= 0.6 is 11.3 Å². The number of likely N-dealkylation sites (tertiary alicyclic amines) is 1. The molecule has 2 rings (SSSR count). The molecule has 0 bridgehead atoms. The quantitative estimate of drug-likeness (QED) is 0.530. The zero-order valence-electron chi connectivity index (χ0n) is 15.4. The normalized spacial score (nSPS) is 17.4. The number of hydrogen-bond acceptors (Lipinski definition) is 4. The van der Waals surface area contributed by atoms with Gasteiger partial charge in [-0.25, -0.2) is 0 Å². The third-order valence-corrected chi connectivity index (χ3v) is 5.73. The minimum absolute atomic E-state index is 0.453. The van der Waals surface area contributed by atoms with Crippen LogP contribution in [0, 0.1) is 0 Å². The van der Waals surface area contributed by atoms with Crippen molar-refractivity contribution < 1.29 is 0 Å². The van der Waals surface area contributed by atoms with E-state index in [1.165, 1.54) is 30.8 Å². The van der Waals surface area contributed by atoms with Crippen molar-refractivity contribution in [3.8, 4) is 0 Å². The summed E-state index contributed by atoms with van der Waals surface area (Å²) in [5, 5.41) is 9.15. The number of guanidine groups is 1. The largest absolute Gasteiger partial charge is 0.355 e. The number of rotatable bonds is 9. The first-order valence-electron chi connectivity index (χ1n) is 9.22. The Hall–Kier alpha value is -1.11. The van der Waals surface area contributed by atoms with Crippen molar-refractivity contribution in [2.45, 2.75) is 32.7 Å². The molecule has 1 fully saturated rings. The van der Waals surface area contributed by atoms with Gasteiger partial charge in [-0.2, -0.15) is 0 Å². The first-order valence-corrected chi connectivity index (χ1v) is 10.1. The smallest absolute Gasteiger partial charge is 0.191 e. The van der Waals surface area contributed by atoms with Gasteiger partial charge in [0.1, 0.15) is 0 Å². The van der Waals surface area contributed by atoms with Gasteiger partial charge in [-0.05, 0) is 50.5 Å². The van der Waals surface area contributed by atoms with E-state index in [9.17, 15) is 0 Å². The highest BCUT2D eigenvalue weighted by molar-refractivity contribution is 7.10. The number of aliphatic imine (C=N–C) groups is 1. The lowest BCUT2D eigenvalue weighted by atomic mass is 10.2. The maximum absolute atomic E-state index is 4.38. The number of thiophene rings is 1. The molecule has 1 aromatic rings. The molecule has 1 aliphatic heterocycles. The average molecular weight is 352 g/mol. The summed E-state index contributed by atoms with van der Waals surface area (Å²) in [6, 6.07) is 4.86. The van der Waals surface area contributed by atoms with Gasteiger partial charge in [0.2, 0.25) is 0 Å². The average Bonchev–Trinajstić information content (AvgIpc) is 3.31. The minimum Gasteiger partial charge on any atom is -0.355 e. The van der Waals surface area contributed by atoms with E-state index >= 15 is 0 Å². The number of nitrogens with one attached hydrogen (secondary N) is 2. The second kappa shape index (κ2) is 10.7. The van der Waals surface area contributed by atoms with Gasteiger partial charge in [-0.1, -0.05) is 19.9 Å². The topological polar surface area (TPSA) is 42.9 Å². The van der Waals surface area contributed by atoms with E-state index in [1.807, 2.05) is 18.4 Å². The van der Waals surface area contributed by atoms with Gasteiger partial charge in [-0.15, -0.1) is 11.3 Å². The maximum Gasteiger partial charge on any atom is 0.191 e. The Kier molecular flexibility index (Phi) is 8.56. The Bertz CT molecular complexity index is 464. The molecule has 136 valence electrons. The molecule has 0 radical (unpaired) electrons. The fourth-order valence-electron chi connectivity index (χ4n) is 3.23. The summed E-state index contributed by atoms with van der Waals surface area (Å²) in [5.41, 5.74) is 0. The third-order valence-electron chi connectivity index (χ3n) is 4.75. The summed E-state index contributed by atoms with van der Waals surface area (Å²) in [6.45, 7) is 11.9. The summed E-state index contributed by atoms with van der Waals surface area (Å²) < 4.78 is 0. The van der Waals surface area contributed by atoms with Crippen LogP contribution in [0.2, 0.25) is 0 Å². The molecule has 24 heavy (non-hydrogen) atoms. The highest BCUT2D eigenvalue weighted by Crippen LogP contribution is 2.27. The highest BCUT2D eigenvalue weighted by Gasteiger charge is 2.24. The lowest BCUT2D eigenvalue weighted by Gasteiger charge is -2.27. The Morgan fingerprint density at radius 2 is 2.04 bits per heavy atom. The van der Waals surface area contributed by atoms with Gasteiger partial charge < -0.3 is 15.5 Å². The van der Waals surface area contributed by atoms with Gasteiger partial charge in [0, 0.05) is 31.6 Å². The van der Waals surface area contributed by atoms with Gasteiger partial charge in [0.05, 0.1) is 6.04 Å².